The van der Waals surface area contributed by atoms with Crippen LogP contribution in [0.25, 0.3) is 0 Å². The molecular weight excluding hydrogens is 188 g/mol. The molecule has 2 heteroatoms. The molecule has 15 heavy (non-hydrogen) atoms. The quantitative estimate of drug-likeness (QED) is 0.660. The van der Waals surface area contributed by atoms with E-state index in [0.29, 0.717) is 24.9 Å². The Labute approximate surface area is 94.3 Å². The predicted octanol–water partition coefficient (Wildman–Crippen LogP) is 2.87. The molecule has 0 saturated heterocycles. The fourth-order valence-electron chi connectivity index (χ4n) is 1.62. The van der Waals surface area contributed by atoms with Gasteiger partial charge in [-0.25, -0.2) is 0 Å². The first kappa shape index (κ1) is 14.7. The van der Waals surface area contributed by atoms with E-state index in [4.69, 9.17) is 4.74 Å². The van der Waals surface area contributed by atoms with Crippen molar-refractivity contribution in [3.8, 4) is 0 Å². The van der Waals surface area contributed by atoms with Crippen molar-refractivity contribution in [2.75, 3.05) is 13.7 Å². The molecular formula is C13H26O2. The second-order valence-corrected chi connectivity index (χ2v) is 4.98. The molecule has 0 fully saturated rings. The molecule has 0 aromatic rings. The zero-order chi connectivity index (χ0) is 12.0. The monoisotopic (exact) mass is 214 g/mol. The Morgan fingerprint density at radius 2 is 1.73 bits per heavy atom. The van der Waals surface area contributed by atoms with Crippen molar-refractivity contribution in [3.05, 3.63) is 12.2 Å². The number of ether oxygens (including phenoxy) is 1. The molecule has 0 aromatic carbocycles. The summed E-state index contributed by atoms with van der Waals surface area (Å²) >= 11 is 0. The molecule has 0 radical (unpaired) electrons. The Kier molecular flexibility index (Phi) is 6.86. The van der Waals surface area contributed by atoms with Gasteiger partial charge in [-0.3, -0.25) is 0 Å². The van der Waals surface area contributed by atoms with E-state index in [1.807, 2.05) is 13.8 Å². The molecule has 0 saturated carbocycles. The minimum absolute atomic E-state index is 0.282. The van der Waals surface area contributed by atoms with Crippen LogP contribution in [0.1, 0.15) is 34.1 Å². The summed E-state index contributed by atoms with van der Waals surface area (Å²) in [5.74, 6) is 1.15. The van der Waals surface area contributed by atoms with Crippen molar-refractivity contribution >= 4 is 0 Å². The van der Waals surface area contributed by atoms with Crippen molar-refractivity contribution in [2.45, 2.75) is 40.2 Å². The van der Waals surface area contributed by atoms with E-state index in [-0.39, 0.29) is 12.0 Å². The van der Waals surface area contributed by atoms with Crippen molar-refractivity contribution in [3.63, 3.8) is 0 Å². The van der Waals surface area contributed by atoms with E-state index in [2.05, 4.69) is 20.4 Å². The molecule has 0 aromatic heterocycles. The average Bonchev–Trinajstić information content (AvgIpc) is 2.12. The van der Waals surface area contributed by atoms with Crippen molar-refractivity contribution in [1.29, 1.82) is 0 Å². The van der Waals surface area contributed by atoms with E-state index in [0.717, 1.165) is 5.57 Å². The molecule has 0 spiro atoms. The van der Waals surface area contributed by atoms with Crippen LogP contribution in [0.15, 0.2) is 12.2 Å². The van der Waals surface area contributed by atoms with E-state index in [1.54, 1.807) is 7.11 Å². The third-order valence-electron chi connectivity index (χ3n) is 2.92. The number of hydrogen-bond donors (Lipinski definition) is 1. The zero-order valence-electron chi connectivity index (χ0n) is 10.8. The maximum absolute atomic E-state index is 9.79. The highest BCUT2D eigenvalue weighted by Crippen LogP contribution is 2.24. The van der Waals surface area contributed by atoms with Crippen molar-refractivity contribution in [2.24, 2.45) is 17.8 Å². The molecule has 0 aliphatic rings. The summed E-state index contributed by atoms with van der Waals surface area (Å²) in [7, 11) is 1.71. The van der Waals surface area contributed by atoms with Gasteiger partial charge in [-0.05, 0) is 18.3 Å². The van der Waals surface area contributed by atoms with Gasteiger partial charge in [0.2, 0.25) is 0 Å². The Bertz CT molecular complexity index is 185. The van der Waals surface area contributed by atoms with Crippen LogP contribution in [-0.2, 0) is 4.74 Å². The second kappa shape index (κ2) is 7.02. The van der Waals surface area contributed by atoms with Gasteiger partial charge in [0.15, 0.2) is 0 Å². The summed E-state index contributed by atoms with van der Waals surface area (Å²) in [6, 6.07) is 0. The molecule has 90 valence electrons. The SMILES string of the molecule is C=C(CC(O)C(C)C)C(COC)C(C)C. The molecule has 2 unspecified atom stereocenters. The number of methoxy groups -OCH3 is 1. The summed E-state index contributed by atoms with van der Waals surface area (Å²) in [6.45, 7) is 13.2. The number of aliphatic hydroxyl groups excluding tert-OH is 1. The van der Waals surface area contributed by atoms with Crippen LogP contribution >= 0.6 is 0 Å². The highest BCUT2D eigenvalue weighted by atomic mass is 16.5. The summed E-state index contributed by atoms with van der Waals surface area (Å²) in [5.41, 5.74) is 1.10. The smallest absolute Gasteiger partial charge is 0.0600 e. The lowest BCUT2D eigenvalue weighted by molar-refractivity contribution is 0.109. The van der Waals surface area contributed by atoms with Crippen LogP contribution in [0.2, 0.25) is 0 Å². The molecule has 0 aliphatic heterocycles. The van der Waals surface area contributed by atoms with E-state index < -0.39 is 0 Å². The first-order chi connectivity index (χ1) is 6.90. The molecule has 0 rings (SSSR count). The summed E-state index contributed by atoms with van der Waals surface area (Å²) in [5, 5.41) is 9.79. The first-order valence-electron chi connectivity index (χ1n) is 5.74. The van der Waals surface area contributed by atoms with Gasteiger partial charge in [-0.2, -0.15) is 0 Å². The van der Waals surface area contributed by atoms with Crippen LogP contribution in [0.3, 0.4) is 0 Å². The second-order valence-electron chi connectivity index (χ2n) is 4.98. The largest absolute Gasteiger partial charge is 0.393 e. The normalized spacial score (nSPS) is 15.7. The van der Waals surface area contributed by atoms with Crippen LogP contribution in [0.5, 0.6) is 0 Å². The molecule has 0 heterocycles. The van der Waals surface area contributed by atoms with Gasteiger partial charge in [0.1, 0.15) is 0 Å². The molecule has 0 aliphatic carbocycles. The van der Waals surface area contributed by atoms with Crippen LogP contribution in [0.4, 0.5) is 0 Å². The lowest BCUT2D eigenvalue weighted by atomic mass is 9.85. The maximum Gasteiger partial charge on any atom is 0.0600 e. The summed E-state index contributed by atoms with van der Waals surface area (Å²) in [6.07, 6.45) is 0.403. The average molecular weight is 214 g/mol. The van der Waals surface area contributed by atoms with Crippen molar-refractivity contribution in [1.82, 2.24) is 0 Å². The molecule has 1 N–H and O–H groups in total. The topological polar surface area (TPSA) is 29.5 Å². The number of aliphatic hydroxyl groups is 1. The summed E-state index contributed by atoms with van der Waals surface area (Å²) in [4.78, 5) is 0. The van der Waals surface area contributed by atoms with Gasteiger partial charge in [0, 0.05) is 13.0 Å². The number of rotatable bonds is 7. The Balaban J connectivity index is 4.25. The van der Waals surface area contributed by atoms with Crippen LogP contribution in [-0.4, -0.2) is 24.9 Å². The lowest BCUT2D eigenvalue weighted by Crippen LogP contribution is -2.22. The molecule has 2 atom stereocenters. The minimum atomic E-state index is -0.282. The molecule has 2 nitrogen and oxygen atoms in total. The highest BCUT2D eigenvalue weighted by Gasteiger charge is 2.20. The van der Waals surface area contributed by atoms with Gasteiger partial charge < -0.3 is 9.84 Å². The molecule has 0 amide bonds. The molecule has 0 bridgehead atoms. The standard InChI is InChI=1S/C13H26O2/c1-9(2)12(8-15-6)11(5)7-13(14)10(3)4/h9-10,12-14H,5,7-8H2,1-4,6H3. The number of hydrogen-bond acceptors (Lipinski definition) is 2. The van der Waals surface area contributed by atoms with Gasteiger partial charge in [-0.15, -0.1) is 0 Å². The fourth-order valence-corrected chi connectivity index (χ4v) is 1.62. The van der Waals surface area contributed by atoms with Gasteiger partial charge in [-0.1, -0.05) is 39.8 Å². The fraction of sp³-hybridized carbons (Fsp3) is 0.846. The zero-order valence-corrected chi connectivity index (χ0v) is 10.8. The predicted molar refractivity (Wildman–Crippen MR) is 64.8 cm³/mol. The highest BCUT2D eigenvalue weighted by molar-refractivity contribution is 5.03. The van der Waals surface area contributed by atoms with Crippen LogP contribution < -0.4 is 0 Å². The van der Waals surface area contributed by atoms with E-state index in [1.165, 1.54) is 0 Å². The lowest BCUT2D eigenvalue weighted by Gasteiger charge is -2.25. The minimum Gasteiger partial charge on any atom is -0.393 e. The third kappa shape index (κ3) is 5.33. The Morgan fingerprint density at radius 3 is 2.07 bits per heavy atom. The third-order valence-corrected chi connectivity index (χ3v) is 2.92. The first-order valence-corrected chi connectivity index (χ1v) is 5.74. The summed E-state index contributed by atoms with van der Waals surface area (Å²) < 4.78 is 5.19. The van der Waals surface area contributed by atoms with Crippen LogP contribution in [0, 0.1) is 17.8 Å². The van der Waals surface area contributed by atoms with Crippen molar-refractivity contribution < 1.29 is 9.84 Å². The van der Waals surface area contributed by atoms with Gasteiger partial charge >= 0.3 is 0 Å². The van der Waals surface area contributed by atoms with Gasteiger partial charge in [0.25, 0.3) is 0 Å². The Hall–Kier alpha value is -0.340. The van der Waals surface area contributed by atoms with E-state index >= 15 is 0 Å². The maximum atomic E-state index is 9.79. The van der Waals surface area contributed by atoms with E-state index in [9.17, 15) is 5.11 Å². The van der Waals surface area contributed by atoms with Gasteiger partial charge in [0.05, 0.1) is 12.7 Å². The Morgan fingerprint density at radius 1 is 1.20 bits per heavy atom.